The third-order valence-electron chi connectivity index (χ3n) is 4.19. The summed E-state index contributed by atoms with van der Waals surface area (Å²) in [6.07, 6.45) is -2.23. The lowest BCUT2D eigenvalue weighted by atomic mass is 9.74. The average molecular weight is 363 g/mol. The summed E-state index contributed by atoms with van der Waals surface area (Å²) in [5.74, 6) is 0. The van der Waals surface area contributed by atoms with Crippen molar-refractivity contribution in [1.29, 1.82) is 0 Å². The molecule has 2 saturated heterocycles. The van der Waals surface area contributed by atoms with Crippen molar-refractivity contribution in [3.05, 3.63) is 33.8 Å². The standard InChI is InChI=1S/C15H17BrF2O3/c16-12-8-10(13-20-5-6-21-13)7-11(9-12)15(14(17)18)1-3-19-4-2-15/h7-9,13-14H,1-6H2. The van der Waals surface area contributed by atoms with E-state index in [0.29, 0.717) is 44.8 Å². The average Bonchev–Trinajstić information content (AvgIpc) is 3.01. The van der Waals surface area contributed by atoms with Gasteiger partial charge in [0.05, 0.1) is 18.6 Å². The molecule has 0 bridgehead atoms. The van der Waals surface area contributed by atoms with Gasteiger partial charge in [-0.15, -0.1) is 0 Å². The molecule has 2 aliphatic rings. The van der Waals surface area contributed by atoms with Crippen LogP contribution in [0.4, 0.5) is 8.78 Å². The molecule has 2 aliphatic heterocycles. The zero-order valence-corrected chi connectivity index (χ0v) is 13.1. The van der Waals surface area contributed by atoms with Crippen LogP contribution in [0.1, 0.15) is 30.3 Å². The number of hydrogen-bond acceptors (Lipinski definition) is 3. The Hall–Kier alpha value is -0.560. The van der Waals surface area contributed by atoms with Crippen LogP contribution in [0, 0.1) is 0 Å². The van der Waals surface area contributed by atoms with Crippen molar-refractivity contribution < 1.29 is 23.0 Å². The van der Waals surface area contributed by atoms with Gasteiger partial charge in [-0.25, -0.2) is 8.78 Å². The van der Waals surface area contributed by atoms with Crippen molar-refractivity contribution >= 4 is 15.9 Å². The first-order valence-corrected chi connectivity index (χ1v) is 7.81. The molecule has 3 nitrogen and oxygen atoms in total. The van der Waals surface area contributed by atoms with E-state index in [4.69, 9.17) is 14.2 Å². The molecule has 0 unspecified atom stereocenters. The largest absolute Gasteiger partial charge is 0.381 e. The van der Waals surface area contributed by atoms with E-state index in [1.165, 1.54) is 0 Å². The molecule has 116 valence electrons. The molecule has 1 aromatic carbocycles. The molecule has 6 heteroatoms. The van der Waals surface area contributed by atoms with E-state index in [1.807, 2.05) is 6.07 Å². The number of rotatable bonds is 3. The highest BCUT2D eigenvalue weighted by atomic mass is 79.9. The normalized spacial score (nSPS) is 22.9. The van der Waals surface area contributed by atoms with Crippen molar-refractivity contribution in [2.24, 2.45) is 0 Å². The molecule has 0 N–H and O–H groups in total. The first-order chi connectivity index (χ1) is 10.1. The summed E-state index contributed by atoms with van der Waals surface area (Å²) in [6.45, 7) is 1.78. The Bertz CT molecular complexity index is 498. The minimum Gasteiger partial charge on any atom is -0.381 e. The van der Waals surface area contributed by atoms with Crippen molar-refractivity contribution in [2.45, 2.75) is 31.0 Å². The summed E-state index contributed by atoms with van der Waals surface area (Å²) in [6, 6.07) is 5.42. The highest BCUT2D eigenvalue weighted by molar-refractivity contribution is 9.10. The number of alkyl halides is 2. The maximum atomic E-state index is 13.8. The van der Waals surface area contributed by atoms with E-state index < -0.39 is 18.1 Å². The Morgan fingerprint density at radius 3 is 2.33 bits per heavy atom. The maximum absolute atomic E-state index is 13.8. The molecule has 3 rings (SSSR count). The highest BCUT2D eigenvalue weighted by Gasteiger charge is 2.43. The van der Waals surface area contributed by atoms with Crippen LogP contribution < -0.4 is 0 Å². The van der Waals surface area contributed by atoms with Crippen molar-refractivity contribution in [3.63, 3.8) is 0 Å². The first kappa shape index (κ1) is 15.3. The van der Waals surface area contributed by atoms with Crippen molar-refractivity contribution in [3.8, 4) is 0 Å². The number of benzene rings is 1. The topological polar surface area (TPSA) is 27.7 Å². The van der Waals surface area contributed by atoms with Crippen LogP contribution in [0.25, 0.3) is 0 Å². The van der Waals surface area contributed by atoms with E-state index in [0.717, 1.165) is 10.0 Å². The van der Waals surface area contributed by atoms with Gasteiger partial charge in [0.2, 0.25) is 6.43 Å². The molecular formula is C15H17BrF2O3. The summed E-state index contributed by atoms with van der Waals surface area (Å²) in [5, 5.41) is 0. The number of halogens is 3. The van der Waals surface area contributed by atoms with Crippen LogP contribution in [-0.2, 0) is 19.6 Å². The second-order valence-electron chi connectivity index (χ2n) is 5.42. The Labute approximate surface area is 130 Å². The minimum absolute atomic E-state index is 0.326. The Kier molecular flexibility index (Phi) is 4.59. The van der Waals surface area contributed by atoms with Gasteiger partial charge in [-0.1, -0.05) is 15.9 Å². The van der Waals surface area contributed by atoms with E-state index in [1.54, 1.807) is 12.1 Å². The van der Waals surface area contributed by atoms with Gasteiger partial charge in [-0.3, -0.25) is 0 Å². The second kappa shape index (κ2) is 6.28. The van der Waals surface area contributed by atoms with E-state index >= 15 is 0 Å². The Morgan fingerprint density at radius 1 is 1.05 bits per heavy atom. The van der Waals surface area contributed by atoms with Crippen LogP contribution >= 0.6 is 15.9 Å². The summed E-state index contributed by atoms with van der Waals surface area (Å²) in [7, 11) is 0. The van der Waals surface area contributed by atoms with Gasteiger partial charge >= 0.3 is 0 Å². The molecule has 0 radical (unpaired) electrons. The lowest BCUT2D eigenvalue weighted by Gasteiger charge is -2.37. The van der Waals surface area contributed by atoms with E-state index in [2.05, 4.69) is 15.9 Å². The fraction of sp³-hybridized carbons (Fsp3) is 0.600. The van der Waals surface area contributed by atoms with Crippen LogP contribution in [0.3, 0.4) is 0 Å². The quantitative estimate of drug-likeness (QED) is 0.818. The van der Waals surface area contributed by atoms with Gasteiger partial charge in [-0.05, 0) is 36.6 Å². The third-order valence-corrected chi connectivity index (χ3v) is 4.65. The van der Waals surface area contributed by atoms with Crippen molar-refractivity contribution in [1.82, 2.24) is 0 Å². The van der Waals surface area contributed by atoms with E-state index in [-0.39, 0.29) is 0 Å². The van der Waals surface area contributed by atoms with Crippen LogP contribution in [-0.4, -0.2) is 32.9 Å². The lowest BCUT2D eigenvalue weighted by molar-refractivity contribution is -0.0455. The van der Waals surface area contributed by atoms with Gasteiger partial charge in [0.1, 0.15) is 0 Å². The molecule has 1 aromatic rings. The maximum Gasteiger partial charge on any atom is 0.248 e. The Balaban J connectivity index is 1.99. The zero-order chi connectivity index (χ0) is 14.9. The SMILES string of the molecule is FC(F)C1(c2cc(Br)cc(C3OCCO3)c2)CCOCC1. The fourth-order valence-corrected chi connectivity index (χ4v) is 3.47. The number of ether oxygens (including phenoxy) is 3. The molecule has 0 amide bonds. The smallest absolute Gasteiger partial charge is 0.248 e. The van der Waals surface area contributed by atoms with Crippen molar-refractivity contribution in [2.75, 3.05) is 26.4 Å². The molecule has 0 saturated carbocycles. The molecule has 21 heavy (non-hydrogen) atoms. The Morgan fingerprint density at radius 2 is 1.71 bits per heavy atom. The van der Waals surface area contributed by atoms with Crippen LogP contribution in [0.5, 0.6) is 0 Å². The molecular weight excluding hydrogens is 346 g/mol. The summed E-state index contributed by atoms with van der Waals surface area (Å²) >= 11 is 3.41. The summed E-state index contributed by atoms with van der Waals surface area (Å²) < 4.78 is 44.5. The van der Waals surface area contributed by atoms with Gasteiger partial charge in [0, 0.05) is 23.2 Å². The summed E-state index contributed by atoms with van der Waals surface area (Å²) in [5.41, 5.74) is 0.266. The predicted molar refractivity (Wildman–Crippen MR) is 76.5 cm³/mol. The molecule has 0 atom stereocenters. The molecule has 0 aliphatic carbocycles. The minimum atomic E-state index is -2.42. The zero-order valence-electron chi connectivity index (χ0n) is 11.5. The highest BCUT2D eigenvalue weighted by Crippen LogP contribution is 2.42. The monoisotopic (exact) mass is 362 g/mol. The van der Waals surface area contributed by atoms with Gasteiger partial charge < -0.3 is 14.2 Å². The lowest BCUT2D eigenvalue weighted by Crippen LogP contribution is -2.40. The van der Waals surface area contributed by atoms with Crippen LogP contribution in [0.15, 0.2) is 22.7 Å². The molecule has 0 aromatic heterocycles. The summed E-state index contributed by atoms with van der Waals surface area (Å²) in [4.78, 5) is 0. The molecule has 2 heterocycles. The van der Waals surface area contributed by atoms with Crippen LogP contribution in [0.2, 0.25) is 0 Å². The van der Waals surface area contributed by atoms with Gasteiger partial charge in [0.25, 0.3) is 0 Å². The van der Waals surface area contributed by atoms with Gasteiger partial charge in [-0.2, -0.15) is 0 Å². The number of hydrogen-bond donors (Lipinski definition) is 0. The molecule has 0 spiro atoms. The second-order valence-corrected chi connectivity index (χ2v) is 6.33. The molecule has 2 fully saturated rings. The predicted octanol–water partition coefficient (Wildman–Crippen LogP) is 3.81. The fourth-order valence-electron chi connectivity index (χ4n) is 2.96. The van der Waals surface area contributed by atoms with Gasteiger partial charge in [0.15, 0.2) is 6.29 Å². The first-order valence-electron chi connectivity index (χ1n) is 7.02. The van der Waals surface area contributed by atoms with E-state index in [9.17, 15) is 8.78 Å². The third kappa shape index (κ3) is 2.99.